The Morgan fingerprint density at radius 3 is 1.95 bits per heavy atom. The molecule has 21 heavy (non-hydrogen) atoms. The van der Waals surface area contributed by atoms with Gasteiger partial charge in [-0.25, -0.2) is 0 Å². The van der Waals surface area contributed by atoms with Crippen molar-refractivity contribution in [3.8, 4) is 23.0 Å². The minimum atomic E-state index is -0.907. The maximum Gasteiger partial charge on any atom is 0.135 e. The molecule has 0 amide bonds. The Bertz CT molecular complexity index is 583. The van der Waals surface area contributed by atoms with Crippen LogP contribution in [0.4, 0.5) is 0 Å². The summed E-state index contributed by atoms with van der Waals surface area (Å²) in [5.41, 5.74) is 0.543. The second-order valence-corrected chi connectivity index (χ2v) is 5.15. The highest BCUT2D eigenvalue weighted by Crippen LogP contribution is 2.44. The van der Waals surface area contributed by atoms with Gasteiger partial charge in [0, 0.05) is 12.1 Å². The first-order chi connectivity index (χ1) is 10.2. The SMILES string of the molecule is COc1cc(OC)c(C(O)c2sccc2OC)c(OC)c1. The fourth-order valence-corrected chi connectivity index (χ4v) is 2.96. The predicted octanol–water partition coefficient (Wildman–Crippen LogP) is 2.86. The van der Waals surface area contributed by atoms with Crippen LogP contribution >= 0.6 is 11.3 Å². The van der Waals surface area contributed by atoms with E-state index in [1.165, 1.54) is 25.6 Å². The average Bonchev–Trinajstić information content (AvgIpc) is 3.01. The molecule has 1 aromatic carbocycles. The summed E-state index contributed by atoms with van der Waals surface area (Å²) in [6.07, 6.45) is -0.907. The van der Waals surface area contributed by atoms with Crippen molar-refractivity contribution in [2.24, 2.45) is 0 Å². The van der Waals surface area contributed by atoms with Crippen molar-refractivity contribution >= 4 is 11.3 Å². The van der Waals surface area contributed by atoms with Gasteiger partial charge in [0.2, 0.25) is 0 Å². The molecule has 2 rings (SSSR count). The van der Waals surface area contributed by atoms with Crippen molar-refractivity contribution in [1.29, 1.82) is 0 Å². The minimum absolute atomic E-state index is 0.495. The second kappa shape index (κ2) is 6.69. The number of aliphatic hydroxyl groups is 1. The van der Waals surface area contributed by atoms with Crippen molar-refractivity contribution in [1.82, 2.24) is 0 Å². The first kappa shape index (κ1) is 15.5. The highest BCUT2D eigenvalue weighted by molar-refractivity contribution is 7.10. The summed E-state index contributed by atoms with van der Waals surface area (Å²) in [4.78, 5) is 0.694. The molecule has 1 aromatic heterocycles. The van der Waals surface area contributed by atoms with E-state index in [2.05, 4.69) is 0 Å². The second-order valence-electron chi connectivity index (χ2n) is 4.20. The molecule has 114 valence electrons. The quantitative estimate of drug-likeness (QED) is 0.889. The van der Waals surface area contributed by atoms with Crippen LogP contribution in [0.5, 0.6) is 23.0 Å². The molecule has 0 saturated heterocycles. The van der Waals surface area contributed by atoms with Gasteiger partial charge in [0.05, 0.1) is 38.9 Å². The number of aliphatic hydroxyl groups excluding tert-OH is 1. The molecule has 2 aromatic rings. The Morgan fingerprint density at radius 1 is 0.905 bits per heavy atom. The lowest BCUT2D eigenvalue weighted by molar-refractivity contribution is 0.207. The fraction of sp³-hybridized carbons (Fsp3) is 0.333. The third kappa shape index (κ3) is 2.91. The highest BCUT2D eigenvalue weighted by Gasteiger charge is 2.25. The van der Waals surface area contributed by atoms with Crippen LogP contribution in [0.1, 0.15) is 16.5 Å². The topological polar surface area (TPSA) is 57.2 Å². The number of benzene rings is 1. The van der Waals surface area contributed by atoms with Gasteiger partial charge >= 0.3 is 0 Å². The number of thiophene rings is 1. The molecule has 1 unspecified atom stereocenters. The van der Waals surface area contributed by atoms with Gasteiger partial charge < -0.3 is 24.1 Å². The fourth-order valence-electron chi connectivity index (χ4n) is 2.11. The number of rotatable bonds is 6. The van der Waals surface area contributed by atoms with Crippen LogP contribution in [-0.4, -0.2) is 33.5 Å². The van der Waals surface area contributed by atoms with E-state index in [0.717, 1.165) is 0 Å². The van der Waals surface area contributed by atoms with Gasteiger partial charge in [-0.05, 0) is 11.4 Å². The zero-order chi connectivity index (χ0) is 15.4. The summed E-state index contributed by atoms with van der Waals surface area (Å²) >= 11 is 1.41. The van der Waals surface area contributed by atoms with Crippen LogP contribution in [-0.2, 0) is 0 Å². The monoisotopic (exact) mass is 310 g/mol. The van der Waals surface area contributed by atoms with Crippen molar-refractivity contribution < 1.29 is 24.1 Å². The van der Waals surface area contributed by atoms with Gasteiger partial charge in [-0.1, -0.05) is 0 Å². The summed E-state index contributed by atoms with van der Waals surface area (Å²) in [6.45, 7) is 0. The Morgan fingerprint density at radius 2 is 1.48 bits per heavy atom. The van der Waals surface area contributed by atoms with Gasteiger partial charge in [-0.2, -0.15) is 0 Å². The van der Waals surface area contributed by atoms with Crippen molar-refractivity contribution in [3.63, 3.8) is 0 Å². The number of hydrogen-bond acceptors (Lipinski definition) is 6. The van der Waals surface area contributed by atoms with Crippen LogP contribution in [0.2, 0.25) is 0 Å². The molecule has 0 bridgehead atoms. The molecule has 0 aliphatic carbocycles. The average molecular weight is 310 g/mol. The highest BCUT2D eigenvalue weighted by atomic mass is 32.1. The van der Waals surface area contributed by atoms with Crippen LogP contribution in [0, 0.1) is 0 Å². The lowest BCUT2D eigenvalue weighted by atomic mass is 10.0. The van der Waals surface area contributed by atoms with Gasteiger partial charge in [-0.15, -0.1) is 11.3 Å². The molecule has 5 nitrogen and oxygen atoms in total. The Labute approximate surface area is 127 Å². The molecule has 1 heterocycles. The molecule has 6 heteroatoms. The van der Waals surface area contributed by atoms with E-state index >= 15 is 0 Å². The molecule has 0 fully saturated rings. The number of methoxy groups -OCH3 is 4. The third-order valence-corrected chi connectivity index (χ3v) is 4.10. The molecule has 0 spiro atoms. The maximum atomic E-state index is 10.7. The molecule has 0 aliphatic rings. The zero-order valence-corrected chi connectivity index (χ0v) is 13.2. The van der Waals surface area contributed by atoms with E-state index in [-0.39, 0.29) is 0 Å². The Hall–Kier alpha value is -1.92. The molecule has 0 saturated carbocycles. The Kier molecular flexibility index (Phi) is 4.93. The zero-order valence-electron chi connectivity index (χ0n) is 12.4. The Balaban J connectivity index is 2.56. The van der Waals surface area contributed by atoms with E-state index in [9.17, 15) is 5.11 Å². The van der Waals surface area contributed by atoms with Gasteiger partial charge in [0.25, 0.3) is 0 Å². The van der Waals surface area contributed by atoms with Crippen LogP contribution in [0.3, 0.4) is 0 Å². The first-order valence-corrected chi connectivity index (χ1v) is 7.13. The van der Waals surface area contributed by atoms with Crippen molar-refractivity contribution in [3.05, 3.63) is 34.0 Å². The summed E-state index contributed by atoms with van der Waals surface area (Å²) in [6, 6.07) is 5.23. The lowest BCUT2D eigenvalue weighted by Gasteiger charge is -2.19. The predicted molar refractivity (Wildman–Crippen MR) is 81.0 cm³/mol. The smallest absolute Gasteiger partial charge is 0.135 e. The lowest BCUT2D eigenvalue weighted by Crippen LogP contribution is -2.05. The number of ether oxygens (including phenoxy) is 4. The van der Waals surface area contributed by atoms with Crippen LogP contribution in [0.25, 0.3) is 0 Å². The molecular formula is C15H18O5S. The normalized spacial score (nSPS) is 11.9. The summed E-state index contributed by atoms with van der Waals surface area (Å²) in [5, 5.41) is 12.6. The minimum Gasteiger partial charge on any atom is -0.496 e. The summed E-state index contributed by atoms with van der Waals surface area (Å²) in [7, 11) is 6.21. The van der Waals surface area contributed by atoms with Gasteiger partial charge in [0.15, 0.2) is 0 Å². The number of hydrogen-bond donors (Lipinski definition) is 1. The largest absolute Gasteiger partial charge is 0.496 e. The molecule has 1 N–H and O–H groups in total. The van der Waals surface area contributed by atoms with Crippen LogP contribution in [0.15, 0.2) is 23.6 Å². The molecular weight excluding hydrogens is 292 g/mol. The summed E-state index contributed by atoms with van der Waals surface area (Å²) in [5.74, 6) is 2.22. The molecule has 1 atom stereocenters. The standard InChI is InChI=1S/C15H18O5S/c1-17-9-7-11(19-3)13(12(8-9)20-4)14(16)15-10(18-2)5-6-21-15/h5-8,14,16H,1-4H3. The van der Waals surface area contributed by atoms with Gasteiger partial charge in [0.1, 0.15) is 29.1 Å². The van der Waals surface area contributed by atoms with E-state index < -0.39 is 6.10 Å². The van der Waals surface area contributed by atoms with Crippen molar-refractivity contribution in [2.75, 3.05) is 28.4 Å². The summed E-state index contributed by atoms with van der Waals surface area (Å²) < 4.78 is 21.2. The van der Waals surface area contributed by atoms with Crippen LogP contribution < -0.4 is 18.9 Å². The van der Waals surface area contributed by atoms with E-state index in [4.69, 9.17) is 18.9 Å². The third-order valence-electron chi connectivity index (χ3n) is 3.15. The molecule has 0 radical (unpaired) electrons. The molecule has 0 aliphatic heterocycles. The van der Waals surface area contributed by atoms with Gasteiger partial charge in [-0.3, -0.25) is 0 Å². The van der Waals surface area contributed by atoms with E-state index in [0.29, 0.717) is 33.4 Å². The van der Waals surface area contributed by atoms with E-state index in [1.54, 1.807) is 26.4 Å². The van der Waals surface area contributed by atoms with Crippen molar-refractivity contribution in [2.45, 2.75) is 6.10 Å². The van der Waals surface area contributed by atoms with E-state index in [1.807, 2.05) is 11.4 Å². The maximum absolute atomic E-state index is 10.7. The first-order valence-electron chi connectivity index (χ1n) is 6.25.